The molecule has 0 atom stereocenters. The van der Waals surface area contributed by atoms with Crippen molar-refractivity contribution in [3.05, 3.63) is 0 Å². The Morgan fingerprint density at radius 3 is 1.76 bits per heavy atom. The lowest BCUT2D eigenvalue weighted by Gasteiger charge is -2.02. The van der Waals surface area contributed by atoms with Gasteiger partial charge in [0.05, 0.1) is 13.5 Å². The molecule has 0 unspecified atom stereocenters. The minimum absolute atomic E-state index is 0.0631. The maximum atomic E-state index is 11.6. The van der Waals surface area contributed by atoms with E-state index < -0.39 is 5.97 Å². The molecule has 0 aliphatic carbocycles. The average Bonchev–Trinajstić information content (AvgIpc) is 2.45. The SMILES string of the molecule is CCCCCCCCCCCC(=O)CC(=O)CC(=O)OC. The van der Waals surface area contributed by atoms with Crippen LogP contribution in [0.3, 0.4) is 0 Å². The number of hydrogen-bond acceptors (Lipinski definition) is 4. The fourth-order valence-corrected chi connectivity index (χ4v) is 2.24. The van der Waals surface area contributed by atoms with Gasteiger partial charge in [0, 0.05) is 6.42 Å². The predicted octanol–water partition coefficient (Wildman–Crippen LogP) is 4.00. The molecule has 0 radical (unpaired) electrons. The quantitative estimate of drug-likeness (QED) is 0.276. The summed E-state index contributed by atoms with van der Waals surface area (Å²) in [5.74, 6) is -0.981. The molecule has 0 aromatic carbocycles. The highest BCUT2D eigenvalue weighted by molar-refractivity contribution is 6.05. The van der Waals surface area contributed by atoms with E-state index >= 15 is 0 Å². The monoisotopic (exact) mass is 298 g/mol. The molecule has 0 fully saturated rings. The zero-order chi connectivity index (χ0) is 15.9. The Labute approximate surface area is 128 Å². The van der Waals surface area contributed by atoms with E-state index in [9.17, 15) is 14.4 Å². The zero-order valence-corrected chi connectivity index (χ0v) is 13.6. The third-order valence-electron chi connectivity index (χ3n) is 3.52. The summed E-state index contributed by atoms with van der Waals surface area (Å²) in [6, 6.07) is 0. The summed E-state index contributed by atoms with van der Waals surface area (Å²) < 4.78 is 4.39. The fraction of sp³-hybridized carbons (Fsp3) is 0.824. The molecule has 0 amide bonds. The van der Waals surface area contributed by atoms with Gasteiger partial charge in [-0.2, -0.15) is 0 Å². The van der Waals surface area contributed by atoms with Crippen LogP contribution in [0.25, 0.3) is 0 Å². The van der Waals surface area contributed by atoms with Crippen molar-refractivity contribution in [2.45, 2.75) is 84.0 Å². The number of ketones is 2. The molecule has 0 rings (SSSR count). The number of rotatable bonds is 14. The number of Topliss-reactive ketones (excluding diaryl/α,β-unsaturated/α-hetero) is 2. The van der Waals surface area contributed by atoms with Gasteiger partial charge in [-0.3, -0.25) is 14.4 Å². The van der Waals surface area contributed by atoms with E-state index in [0.717, 1.165) is 19.3 Å². The van der Waals surface area contributed by atoms with Crippen molar-refractivity contribution in [1.82, 2.24) is 0 Å². The smallest absolute Gasteiger partial charge is 0.313 e. The molecule has 0 N–H and O–H groups in total. The van der Waals surface area contributed by atoms with Crippen molar-refractivity contribution in [3.63, 3.8) is 0 Å². The van der Waals surface area contributed by atoms with Gasteiger partial charge in [0.2, 0.25) is 0 Å². The summed E-state index contributed by atoms with van der Waals surface area (Å²) in [5.41, 5.74) is 0. The highest BCUT2D eigenvalue weighted by atomic mass is 16.5. The summed E-state index contributed by atoms with van der Waals surface area (Å²) in [6.07, 6.45) is 10.8. The van der Waals surface area contributed by atoms with Gasteiger partial charge in [-0.15, -0.1) is 0 Å². The lowest BCUT2D eigenvalue weighted by atomic mass is 10.0. The molecule has 21 heavy (non-hydrogen) atoms. The molecule has 122 valence electrons. The maximum Gasteiger partial charge on any atom is 0.313 e. The third-order valence-corrected chi connectivity index (χ3v) is 3.52. The van der Waals surface area contributed by atoms with Crippen LogP contribution in [-0.4, -0.2) is 24.6 Å². The summed E-state index contributed by atoms with van der Waals surface area (Å²) in [4.78, 5) is 33.8. The fourth-order valence-electron chi connectivity index (χ4n) is 2.24. The van der Waals surface area contributed by atoms with Crippen LogP contribution >= 0.6 is 0 Å². The Morgan fingerprint density at radius 2 is 1.24 bits per heavy atom. The number of ether oxygens (including phenoxy) is 1. The first-order valence-electron chi connectivity index (χ1n) is 8.20. The molecular weight excluding hydrogens is 268 g/mol. The number of methoxy groups -OCH3 is 1. The highest BCUT2D eigenvalue weighted by Crippen LogP contribution is 2.11. The lowest BCUT2D eigenvalue weighted by Crippen LogP contribution is -2.13. The highest BCUT2D eigenvalue weighted by Gasteiger charge is 2.13. The molecule has 4 heteroatoms. The molecule has 0 saturated carbocycles. The van der Waals surface area contributed by atoms with Crippen molar-refractivity contribution in [2.24, 2.45) is 0 Å². The minimum Gasteiger partial charge on any atom is -0.469 e. The van der Waals surface area contributed by atoms with Crippen LogP contribution in [0.2, 0.25) is 0 Å². The summed E-state index contributed by atoms with van der Waals surface area (Å²) in [5, 5.41) is 0. The van der Waals surface area contributed by atoms with Gasteiger partial charge in [-0.05, 0) is 6.42 Å². The van der Waals surface area contributed by atoms with Crippen molar-refractivity contribution in [1.29, 1.82) is 0 Å². The topological polar surface area (TPSA) is 60.4 Å². The van der Waals surface area contributed by atoms with Crippen LogP contribution in [0.15, 0.2) is 0 Å². The Balaban J connectivity index is 3.41. The van der Waals surface area contributed by atoms with Crippen LogP contribution < -0.4 is 0 Å². The number of unbranched alkanes of at least 4 members (excludes halogenated alkanes) is 8. The molecule has 0 bridgehead atoms. The van der Waals surface area contributed by atoms with Gasteiger partial charge >= 0.3 is 5.97 Å². The molecule has 0 aromatic heterocycles. The average molecular weight is 298 g/mol. The third kappa shape index (κ3) is 13.5. The molecule has 0 aliphatic heterocycles. The zero-order valence-electron chi connectivity index (χ0n) is 13.6. The van der Waals surface area contributed by atoms with Crippen LogP contribution in [-0.2, 0) is 19.1 Å². The van der Waals surface area contributed by atoms with Gasteiger partial charge in [-0.1, -0.05) is 58.3 Å². The van der Waals surface area contributed by atoms with E-state index in [0.29, 0.717) is 6.42 Å². The van der Waals surface area contributed by atoms with Gasteiger partial charge in [0.1, 0.15) is 12.2 Å². The molecule has 0 saturated heterocycles. The standard InChI is InChI=1S/C17H30O4/c1-3-4-5-6-7-8-9-10-11-12-15(18)13-16(19)14-17(20)21-2/h3-14H2,1-2H3. The van der Waals surface area contributed by atoms with E-state index in [2.05, 4.69) is 11.7 Å². The minimum atomic E-state index is -0.573. The van der Waals surface area contributed by atoms with Crippen LogP contribution in [0.4, 0.5) is 0 Å². The van der Waals surface area contributed by atoms with E-state index in [4.69, 9.17) is 0 Å². The largest absolute Gasteiger partial charge is 0.469 e. The molecule has 0 spiro atoms. The second kappa shape index (κ2) is 13.8. The van der Waals surface area contributed by atoms with Crippen LogP contribution in [0, 0.1) is 0 Å². The predicted molar refractivity (Wildman–Crippen MR) is 83.1 cm³/mol. The molecule has 0 aromatic rings. The second-order valence-corrected chi connectivity index (χ2v) is 5.59. The first kappa shape index (κ1) is 19.8. The van der Waals surface area contributed by atoms with Gasteiger partial charge in [0.25, 0.3) is 0 Å². The Hall–Kier alpha value is -1.19. The Kier molecular flexibility index (Phi) is 13.0. The normalized spacial score (nSPS) is 10.4. The van der Waals surface area contributed by atoms with Crippen molar-refractivity contribution in [2.75, 3.05) is 7.11 Å². The molecule has 4 nitrogen and oxygen atoms in total. The summed E-state index contributed by atoms with van der Waals surface area (Å²) in [7, 11) is 1.24. The Morgan fingerprint density at radius 1 is 0.714 bits per heavy atom. The number of carbonyl (C=O) groups is 3. The van der Waals surface area contributed by atoms with E-state index in [1.165, 1.54) is 45.6 Å². The van der Waals surface area contributed by atoms with Gasteiger partial charge < -0.3 is 4.74 Å². The first-order chi connectivity index (χ1) is 10.1. The van der Waals surface area contributed by atoms with E-state index in [1.54, 1.807) is 0 Å². The van der Waals surface area contributed by atoms with Crippen molar-refractivity contribution >= 4 is 17.5 Å². The Bertz CT molecular complexity index is 310. The van der Waals surface area contributed by atoms with Gasteiger partial charge in [-0.25, -0.2) is 0 Å². The van der Waals surface area contributed by atoms with Gasteiger partial charge in [0.15, 0.2) is 5.78 Å². The molecule has 0 aliphatic rings. The number of carbonyl (C=O) groups excluding carboxylic acids is 3. The van der Waals surface area contributed by atoms with E-state index in [-0.39, 0.29) is 24.4 Å². The summed E-state index contributed by atoms with van der Waals surface area (Å²) in [6.45, 7) is 2.22. The molecule has 0 heterocycles. The number of hydrogen-bond donors (Lipinski definition) is 0. The van der Waals surface area contributed by atoms with E-state index in [1.807, 2.05) is 0 Å². The van der Waals surface area contributed by atoms with Crippen LogP contribution in [0.5, 0.6) is 0 Å². The first-order valence-corrected chi connectivity index (χ1v) is 8.20. The van der Waals surface area contributed by atoms with Crippen molar-refractivity contribution < 1.29 is 19.1 Å². The molecular formula is C17H30O4. The maximum absolute atomic E-state index is 11.6. The lowest BCUT2D eigenvalue weighted by molar-refractivity contribution is -0.143. The second-order valence-electron chi connectivity index (χ2n) is 5.59. The van der Waals surface area contributed by atoms with Crippen molar-refractivity contribution in [3.8, 4) is 0 Å². The summed E-state index contributed by atoms with van der Waals surface area (Å²) >= 11 is 0. The number of esters is 1. The van der Waals surface area contributed by atoms with Crippen LogP contribution in [0.1, 0.15) is 84.0 Å².